The molecule has 12 heavy (non-hydrogen) atoms. The van der Waals surface area contributed by atoms with E-state index in [0.717, 1.165) is 0 Å². The molecule has 62 valence electrons. The molecule has 0 fully saturated rings. The zero-order valence-electron chi connectivity index (χ0n) is 6.14. The van der Waals surface area contributed by atoms with Crippen LogP contribution in [0, 0.1) is 0 Å². The predicted molar refractivity (Wildman–Crippen MR) is 44.2 cm³/mol. The number of hydrogen-bond acceptors (Lipinski definition) is 4. The van der Waals surface area contributed by atoms with E-state index in [2.05, 4.69) is 5.16 Å². The van der Waals surface area contributed by atoms with Crippen molar-refractivity contribution in [2.24, 2.45) is 0 Å². The normalized spacial score (nSPS) is 10.3. The molecule has 0 bridgehead atoms. The summed E-state index contributed by atoms with van der Waals surface area (Å²) in [5.74, 6) is 0.690. The van der Waals surface area contributed by atoms with E-state index in [0.29, 0.717) is 12.3 Å². The molecular formula is C7H6N2O2S. The molecule has 0 aliphatic heterocycles. The van der Waals surface area contributed by atoms with Gasteiger partial charge in [0.2, 0.25) is 0 Å². The first kappa shape index (κ1) is 7.30. The van der Waals surface area contributed by atoms with Crippen LogP contribution in [0.25, 0.3) is 0 Å². The Morgan fingerprint density at radius 3 is 3.17 bits per heavy atom. The highest BCUT2D eigenvalue weighted by Gasteiger charge is 2.00. The lowest BCUT2D eigenvalue weighted by Gasteiger charge is -1.93. The van der Waals surface area contributed by atoms with Gasteiger partial charge in [0.05, 0.1) is 12.7 Å². The minimum Gasteiger partial charge on any atom is -0.359 e. The first-order chi connectivity index (χ1) is 5.86. The quantitative estimate of drug-likeness (QED) is 0.694. The van der Waals surface area contributed by atoms with Crippen molar-refractivity contribution in [2.75, 3.05) is 0 Å². The van der Waals surface area contributed by atoms with Gasteiger partial charge in [-0.1, -0.05) is 16.5 Å². The van der Waals surface area contributed by atoms with Crippen LogP contribution in [-0.2, 0) is 6.54 Å². The highest BCUT2D eigenvalue weighted by Crippen LogP contribution is 1.99. The minimum absolute atomic E-state index is 0.0198. The fourth-order valence-electron chi connectivity index (χ4n) is 0.899. The Balaban J connectivity index is 2.25. The molecule has 5 heteroatoms. The third-order valence-electron chi connectivity index (χ3n) is 1.46. The molecule has 0 aromatic carbocycles. The minimum atomic E-state index is 0.0198. The van der Waals surface area contributed by atoms with Gasteiger partial charge in [0, 0.05) is 17.6 Å². The van der Waals surface area contributed by atoms with Gasteiger partial charge in [-0.2, -0.15) is 0 Å². The molecule has 0 radical (unpaired) electrons. The van der Waals surface area contributed by atoms with Crippen molar-refractivity contribution in [3.63, 3.8) is 0 Å². The number of hydrogen-bond donors (Lipinski definition) is 0. The third-order valence-corrected chi connectivity index (χ3v) is 2.16. The van der Waals surface area contributed by atoms with Gasteiger partial charge in [-0.3, -0.25) is 9.36 Å². The van der Waals surface area contributed by atoms with E-state index in [1.54, 1.807) is 28.4 Å². The molecule has 0 saturated carbocycles. The van der Waals surface area contributed by atoms with E-state index in [9.17, 15) is 4.79 Å². The molecule has 4 nitrogen and oxygen atoms in total. The van der Waals surface area contributed by atoms with Gasteiger partial charge >= 0.3 is 4.87 Å². The largest absolute Gasteiger partial charge is 0.359 e. The first-order valence-corrected chi connectivity index (χ1v) is 4.28. The summed E-state index contributed by atoms with van der Waals surface area (Å²) < 4.78 is 6.43. The second-order valence-corrected chi connectivity index (χ2v) is 3.13. The summed E-state index contributed by atoms with van der Waals surface area (Å²) in [6.07, 6.45) is 3.29. The topological polar surface area (TPSA) is 48.0 Å². The number of aromatic nitrogens is 2. The van der Waals surface area contributed by atoms with Crippen LogP contribution in [0.15, 0.2) is 33.2 Å². The van der Waals surface area contributed by atoms with Crippen molar-refractivity contribution in [1.29, 1.82) is 0 Å². The van der Waals surface area contributed by atoms with Crippen molar-refractivity contribution in [3.8, 4) is 0 Å². The molecule has 0 atom stereocenters. The van der Waals surface area contributed by atoms with Crippen LogP contribution in [0.4, 0.5) is 0 Å². The Labute approximate surface area is 72.1 Å². The summed E-state index contributed by atoms with van der Waals surface area (Å²) in [5.41, 5.74) is 0. The van der Waals surface area contributed by atoms with Crippen molar-refractivity contribution in [1.82, 2.24) is 9.72 Å². The van der Waals surface area contributed by atoms with E-state index in [-0.39, 0.29) is 4.87 Å². The Morgan fingerprint density at radius 1 is 1.67 bits per heavy atom. The SMILES string of the molecule is O=c1sccn1Cc1ccno1. The summed E-state index contributed by atoms with van der Waals surface area (Å²) in [5, 5.41) is 5.29. The summed E-state index contributed by atoms with van der Waals surface area (Å²) in [4.78, 5) is 11.1. The highest BCUT2D eigenvalue weighted by atomic mass is 32.1. The molecular weight excluding hydrogens is 176 g/mol. The van der Waals surface area contributed by atoms with Gasteiger partial charge in [0.15, 0.2) is 5.76 Å². The standard InChI is InChI=1S/C7H6N2O2S/c10-7-9(3-4-12-7)5-6-1-2-8-11-6/h1-4H,5H2. The third kappa shape index (κ3) is 1.31. The molecule has 0 amide bonds. The summed E-state index contributed by atoms with van der Waals surface area (Å²) in [6.45, 7) is 0.461. The average Bonchev–Trinajstić information content (AvgIpc) is 2.65. The Bertz CT molecular complexity index is 401. The van der Waals surface area contributed by atoms with E-state index < -0.39 is 0 Å². The molecule has 2 aromatic rings. The van der Waals surface area contributed by atoms with Gasteiger partial charge in [0.25, 0.3) is 0 Å². The van der Waals surface area contributed by atoms with Gasteiger partial charge in [-0.15, -0.1) is 0 Å². The van der Waals surface area contributed by atoms with Crippen molar-refractivity contribution in [2.45, 2.75) is 6.54 Å². The van der Waals surface area contributed by atoms with Crippen LogP contribution in [0.3, 0.4) is 0 Å². The van der Waals surface area contributed by atoms with E-state index in [1.807, 2.05) is 0 Å². The predicted octanol–water partition coefficient (Wildman–Crippen LogP) is 0.946. The highest BCUT2D eigenvalue weighted by molar-refractivity contribution is 7.07. The Hall–Kier alpha value is -1.36. The molecule has 0 spiro atoms. The molecule has 2 aromatic heterocycles. The van der Waals surface area contributed by atoms with Crippen LogP contribution >= 0.6 is 11.3 Å². The maximum absolute atomic E-state index is 11.1. The summed E-state index contributed by atoms with van der Waals surface area (Å²) in [6, 6.07) is 1.74. The zero-order chi connectivity index (χ0) is 8.39. The van der Waals surface area contributed by atoms with Crippen LogP contribution < -0.4 is 4.87 Å². The Kier molecular flexibility index (Phi) is 1.79. The average molecular weight is 182 g/mol. The number of nitrogens with zero attached hydrogens (tertiary/aromatic N) is 2. The van der Waals surface area contributed by atoms with Crippen molar-refractivity contribution in [3.05, 3.63) is 39.3 Å². The molecule has 0 unspecified atom stereocenters. The zero-order valence-corrected chi connectivity index (χ0v) is 6.95. The summed E-state index contributed by atoms with van der Waals surface area (Å²) in [7, 11) is 0. The fraction of sp³-hybridized carbons (Fsp3) is 0.143. The van der Waals surface area contributed by atoms with Gasteiger partial charge < -0.3 is 4.52 Å². The molecule has 0 aliphatic rings. The second kappa shape index (κ2) is 2.94. The number of thiazole rings is 1. The van der Waals surface area contributed by atoms with E-state index in [1.165, 1.54) is 11.3 Å². The molecule has 2 heterocycles. The fourth-order valence-corrected chi connectivity index (χ4v) is 1.48. The molecule has 0 aliphatic carbocycles. The van der Waals surface area contributed by atoms with Crippen LogP contribution in [0.1, 0.15) is 5.76 Å². The van der Waals surface area contributed by atoms with Crippen LogP contribution in [0.2, 0.25) is 0 Å². The monoisotopic (exact) mass is 182 g/mol. The first-order valence-electron chi connectivity index (χ1n) is 3.40. The molecule has 0 N–H and O–H groups in total. The van der Waals surface area contributed by atoms with Crippen LogP contribution in [-0.4, -0.2) is 9.72 Å². The maximum atomic E-state index is 11.1. The molecule has 0 saturated heterocycles. The van der Waals surface area contributed by atoms with Gasteiger partial charge in [-0.25, -0.2) is 0 Å². The van der Waals surface area contributed by atoms with Gasteiger partial charge in [0.1, 0.15) is 0 Å². The van der Waals surface area contributed by atoms with E-state index >= 15 is 0 Å². The second-order valence-electron chi connectivity index (χ2n) is 2.28. The van der Waals surface area contributed by atoms with Gasteiger partial charge in [-0.05, 0) is 0 Å². The molecule has 2 rings (SSSR count). The van der Waals surface area contributed by atoms with E-state index in [4.69, 9.17) is 4.52 Å². The smallest absolute Gasteiger partial charge is 0.307 e. The van der Waals surface area contributed by atoms with Crippen molar-refractivity contribution >= 4 is 11.3 Å². The lowest BCUT2D eigenvalue weighted by molar-refractivity contribution is 0.376. The maximum Gasteiger partial charge on any atom is 0.307 e. The lowest BCUT2D eigenvalue weighted by Crippen LogP contribution is -2.11. The number of rotatable bonds is 2. The van der Waals surface area contributed by atoms with Crippen molar-refractivity contribution < 1.29 is 4.52 Å². The lowest BCUT2D eigenvalue weighted by atomic mass is 10.4. The van der Waals surface area contributed by atoms with Crippen LogP contribution in [0.5, 0.6) is 0 Å². The summed E-state index contributed by atoms with van der Waals surface area (Å²) >= 11 is 1.17. The Morgan fingerprint density at radius 2 is 2.58 bits per heavy atom.